The van der Waals surface area contributed by atoms with Gasteiger partial charge in [-0.2, -0.15) is 0 Å². The quantitative estimate of drug-likeness (QED) is 0.518. The van der Waals surface area contributed by atoms with Crippen LogP contribution in [0.1, 0.15) is 18.1 Å². The smallest absolute Gasteiger partial charge is 0.331 e. The number of halogens is 1. The third kappa shape index (κ3) is 7.21. The molecule has 2 rings (SSSR count). The van der Waals surface area contributed by atoms with Crippen molar-refractivity contribution < 1.29 is 28.2 Å². The minimum absolute atomic E-state index is 0.0944. The summed E-state index contributed by atoms with van der Waals surface area (Å²) in [5.74, 6) is -2.01. The Balaban J connectivity index is 1.84. The molecule has 6 nitrogen and oxygen atoms in total. The Kier molecular flexibility index (Phi) is 8.09. The molecule has 0 bridgehead atoms. The van der Waals surface area contributed by atoms with Crippen LogP contribution in [0.2, 0.25) is 0 Å². The molecule has 0 fully saturated rings. The zero-order valence-electron chi connectivity index (χ0n) is 16.2. The normalized spacial score (nSPS) is 11.7. The van der Waals surface area contributed by atoms with Crippen molar-refractivity contribution in [3.63, 3.8) is 0 Å². The molecule has 29 heavy (non-hydrogen) atoms. The van der Waals surface area contributed by atoms with E-state index in [1.165, 1.54) is 32.2 Å². The second-order valence-corrected chi connectivity index (χ2v) is 6.26. The van der Waals surface area contributed by atoms with Crippen LogP contribution in [0.4, 0.5) is 4.39 Å². The van der Waals surface area contributed by atoms with E-state index in [0.29, 0.717) is 12.0 Å². The molecular formula is C22H22FNO5. The maximum Gasteiger partial charge on any atom is 0.331 e. The highest BCUT2D eigenvalue weighted by atomic mass is 19.1. The first-order valence-corrected chi connectivity index (χ1v) is 8.91. The van der Waals surface area contributed by atoms with Crippen LogP contribution in [-0.2, 0) is 25.5 Å². The zero-order valence-corrected chi connectivity index (χ0v) is 16.2. The molecule has 1 amide bonds. The van der Waals surface area contributed by atoms with Crippen molar-refractivity contribution in [2.24, 2.45) is 0 Å². The minimum atomic E-state index is -0.765. The number of hydrogen-bond acceptors (Lipinski definition) is 5. The van der Waals surface area contributed by atoms with Gasteiger partial charge >= 0.3 is 5.97 Å². The molecule has 0 aliphatic carbocycles. The van der Waals surface area contributed by atoms with E-state index in [4.69, 9.17) is 9.47 Å². The average Bonchev–Trinajstić information content (AvgIpc) is 2.71. The van der Waals surface area contributed by atoms with Crippen LogP contribution < -0.4 is 10.1 Å². The fourth-order valence-corrected chi connectivity index (χ4v) is 2.52. The maximum absolute atomic E-state index is 13.6. The topological polar surface area (TPSA) is 81.7 Å². The van der Waals surface area contributed by atoms with Crippen molar-refractivity contribution in [1.29, 1.82) is 0 Å². The number of benzene rings is 2. The summed E-state index contributed by atoms with van der Waals surface area (Å²) in [7, 11) is 1.35. The second-order valence-electron chi connectivity index (χ2n) is 6.26. The number of amides is 1. The lowest BCUT2D eigenvalue weighted by Gasteiger charge is -2.16. The molecule has 0 aromatic heterocycles. The Morgan fingerprint density at radius 1 is 1.14 bits per heavy atom. The van der Waals surface area contributed by atoms with Crippen molar-refractivity contribution in [2.45, 2.75) is 19.4 Å². The van der Waals surface area contributed by atoms with Crippen LogP contribution in [0.15, 0.2) is 54.6 Å². The predicted molar refractivity (Wildman–Crippen MR) is 106 cm³/mol. The number of ketones is 1. The Hall–Kier alpha value is -3.48. The molecule has 0 saturated heterocycles. The number of methoxy groups -OCH3 is 1. The van der Waals surface area contributed by atoms with Gasteiger partial charge < -0.3 is 14.8 Å². The van der Waals surface area contributed by atoms with Crippen molar-refractivity contribution in [3.8, 4) is 5.75 Å². The van der Waals surface area contributed by atoms with E-state index in [9.17, 15) is 18.8 Å². The molecule has 2 aromatic rings. The number of ether oxygens (including phenoxy) is 2. The number of carbonyl (C=O) groups excluding carboxylic acids is 3. The minimum Gasteiger partial charge on any atom is -0.494 e. The average molecular weight is 399 g/mol. The molecule has 0 spiro atoms. The van der Waals surface area contributed by atoms with Crippen LogP contribution in [0.25, 0.3) is 6.08 Å². The summed E-state index contributed by atoms with van der Waals surface area (Å²) in [6.07, 6.45) is 2.79. The van der Waals surface area contributed by atoms with Gasteiger partial charge in [0, 0.05) is 6.08 Å². The Bertz CT molecular complexity index is 895. The molecule has 0 radical (unpaired) electrons. The lowest BCUT2D eigenvalue weighted by Crippen LogP contribution is -2.43. The molecule has 2 aromatic carbocycles. The van der Waals surface area contributed by atoms with Crippen LogP contribution in [-0.4, -0.2) is 37.4 Å². The first-order valence-electron chi connectivity index (χ1n) is 8.91. The molecule has 0 saturated carbocycles. The van der Waals surface area contributed by atoms with Crippen LogP contribution in [0.5, 0.6) is 5.75 Å². The SMILES string of the molecule is COc1ccc(/C=C/C(=O)OCC(=O)N[C@@H](Cc2ccccc2)C(C)=O)cc1F. The Morgan fingerprint density at radius 3 is 2.48 bits per heavy atom. The van der Waals surface area contributed by atoms with Crippen LogP contribution in [0.3, 0.4) is 0 Å². The van der Waals surface area contributed by atoms with E-state index >= 15 is 0 Å². The summed E-state index contributed by atoms with van der Waals surface area (Å²) in [6, 6.07) is 12.8. The number of hydrogen-bond donors (Lipinski definition) is 1. The molecule has 0 unspecified atom stereocenters. The van der Waals surface area contributed by atoms with Gasteiger partial charge in [0.05, 0.1) is 13.2 Å². The third-order valence-corrected chi connectivity index (χ3v) is 4.04. The predicted octanol–water partition coefficient (Wildman–Crippen LogP) is 2.71. The van der Waals surface area contributed by atoms with E-state index in [-0.39, 0.29) is 11.5 Å². The molecule has 0 aliphatic heterocycles. The molecule has 0 heterocycles. The summed E-state index contributed by atoms with van der Waals surface area (Å²) in [5, 5.41) is 2.56. The highest BCUT2D eigenvalue weighted by Crippen LogP contribution is 2.18. The van der Waals surface area contributed by atoms with Gasteiger partial charge in [-0.15, -0.1) is 0 Å². The molecular weight excluding hydrogens is 377 g/mol. The van der Waals surface area contributed by atoms with Crippen molar-refractivity contribution in [2.75, 3.05) is 13.7 Å². The molecule has 7 heteroatoms. The number of rotatable bonds is 9. The van der Waals surface area contributed by atoms with Gasteiger partial charge in [0.15, 0.2) is 24.0 Å². The second kappa shape index (κ2) is 10.8. The fraction of sp³-hybridized carbons (Fsp3) is 0.227. The molecule has 152 valence electrons. The van der Waals surface area contributed by atoms with Gasteiger partial charge in [0.2, 0.25) is 0 Å². The summed E-state index contributed by atoms with van der Waals surface area (Å²) < 4.78 is 23.3. The standard InChI is InChI=1S/C22H22FNO5/c1-15(25)19(13-16-6-4-3-5-7-16)24-21(26)14-29-22(27)11-9-17-8-10-20(28-2)18(23)12-17/h3-12,19H,13-14H2,1-2H3,(H,24,26)/b11-9+/t19-/m0/s1. The number of Topliss-reactive ketones (excluding diaryl/α,β-unsaturated/α-hetero) is 1. The van der Waals surface area contributed by atoms with E-state index in [1.807, 2.05) is 30.3 Å². The maximum atomic E-state index is 13.6. The number of esters is 1. The van der Waals surface area contributed by atoms with Crippen molar-refractivity contribution in [1.82, 2.24) is 5.32 Å². The van der Waals surface area contributed by atoms with E-state index in [2.05, 4.69) is 5.32 Å². The van der Waals surface area contributed by atoms with E-state index < -0.39 is 30.3 Å². The summed E-state index contributed by atoms with van der Waals surface area (Å²) in [6.45, 7) is 0.856. The number of nitrogens with one attached hydrogen (secondary N) is 1. The Morgan fingerprint density at radius 2 is 1.86 bits per heavy atom. The molecule has 1 atom stereocenters. The highest BCUT2D eigenvalue weighted by molar-refractivity contribution is 5.91. The van der Waals surface area contributed by atoms with Crippen LogP contribution in [0, 0.1) is 5.82 Å². The van der Waals surface area contributed by atoms with E-state index in [0.717, 1.165) is 11.6 Å². The number of carbonyl (C=O) groups is 3. The first kappa shape index (κ1) is 21.8. The highest BCUT2D eigenvalue weighted by Gasteiger charge is 2.18. The van der Waals surface area contributed by atoms with Crippen molar-refractivity contribution in [3.05, 3.63) is 71.6 Å². The third-order valence-electron chi connectivity index (χ3n) is 4.04. The molecule has 0 aliphatic rings. The van der Waals surface area contributed by atoms with Gasteiger partial charge in [0.1, 0.15) is 0 Å². The molecule has 1 N–H and O–H groups in total. The summed E-state index contributed by atoms with van der Waals surface area (Å²) in [5.41, 5.74) is 1.34. The lowest BCUT2D eigenvalue weighted by molar-refractivity contribution is -0.144. The van der Waals surface area contributed by atoms with Gasteiger partial charge in [-0.25, -0.2) is 9.18 Å². The van der Waals surface area contributed by atoms with Gasteiger partial charge in [-0.3, -0.25) is 9.59 Å². The Labute approximate surface area is 168 Å². The van der Waals surface area contributed by atoms with Gasteiger partial charge in [-0.1, -0.05) is 36.4 Å². The van der Waals surface area contributed by atoms with Gasteiger partial charge in [0.25, 0.3) is 5.91 Å². The monoisotopic (exact) mass is 399 g/mol. The first-order chi connectivity index (χ1) is 13.9. The fourth-order valence-electron chi connectivity index (χ4n) is 2.52. The van der Waals surface area contributed by atoms with Gasteiger partial charge in [-0.05, 0) is 42.7 Å². The van der Waals surface area contributed by atoms with Crippen LogP contribution >= 0.6 is 0 Å². The van der Waals surface area contributed by atoms with E-state index in [1.54, 1.807) is 6.07 Å². The van der Waals surface area contributed by atoms with Crippen molar-refractivity contribution >= 4 is 23.7 Å². The summed E-state index contributed by atoms with van der Waals surface area (Å²) in [4.78, 5) is 35.6. The largest absolute Gasteiger partial charge is 0.494 e. The summed E-state index contributed by atoms with van der Waals surface area (Å²) >= 11 is 0. The lowest BCUT2D eigenvalue weighted by atomic mass is 10.0. The zero-order chi connectivity index (χ0) is 21.2.